The molecule has 0 spiro atoms. The number of hydrogen-bond donors (Lipinski definition) is 0. The second-order valence-electron chi connectivity index (χ2n) is 0.850. The van der Waals surface area contributed by atoms with Gasteiger partial charge in [-0.2, -0.15) is 0 Å². The first kappa shape index (κ1) is 7.82. The second-order valence-corrected chi connectivity index (χ2v) is 3.30. The first-order valence-electron chi connectivity index (χ1n) is 1.46. The lowest BCUT2D eigenvalue weighted by Gasteiger charge is -1.85. The van der Waals surface area contributed by atoms with Crippen LogP contribution in [0.4, 0.5) is 21.2 Å². The highest BCUT2D eigenvalue weighted by molar-refractivity contribution is 7.09. The molecule has 0 fully saturated rings. The molecular formula is CF4OSi2. The largest absolute Gasteiger partial charge is 0.548 e. The smallest absolute Gasteiger partial charge is 0.298 e. The molecule has 8 heavy (non-hydrogen) atoms. The highest BCUT2D eigenvalue weighted by Gasteiger charge is 2.36. The third-order valence-corrected chi connectivity index (χ3v) is 2.16. The van der Waals surface area contributed by atoms with Gasteiger partial charge in [-0.15, -0.1) is 0 Å². The van der Waals surface area contributed by atoms with E-state index in [1.165, 1.54) is 0 Å². The van der Waals surface area contributed by atoms with E-state index in [2.05, 4.69) is 0 Å². The fourth-order valence-corrected chi connectivity index (χ4v) is 0.643. The van der Waals surface area contributed by atoms with Crippen LogP contribution in [-0.4, -0.2) is 24.0 Å². The van der Waals surface area contributed by atoms with Crippen molar-refractivity contribution in [3.8, 4) is 0 Å². The molecule has 0 aromatic rings. The number of carbonyl (C=O) groups is 1. The van der Waals surface area contributed by atoms with Gasteiger partial charge >= 0.3 is 18.9 Å². The summed E-state index contributed by atoms with van der Waals surface area (Å²) in [4.78, 5) is 9.43. The quantitative estimate of drug-likeness (QED) is 0.336. The van der Waals surface area contributed by atoms with Crippen LogP contribution in [0.3, 0.4) is 0 Å². The van der Waals surface area contributed by atoms with Crippen molar-refractivity contribution in [1.82, 2.24) is 0 Å². The summed E-state index contributed by atoms with van der Waals surface area (Å²) in [6, 6.07) is 0. The van der Waals surface area contributed by atoms with Crippen molar-refractivity contribution in [3.05, 3.63) is 0 Å². The maximum atomic E-state index is 11.0. The monoisotopic (exact) mass is 160 g/mol. The lowest BCUT2D eigenvalue weighted by atomic mass is 11.8. The zero-order valence-electron chi connectivity index (χ0n) is 3.42. The summed E-state index contributed by atoms with van der Waals surface area (Å²) in [6.45, 7) is 0. The molecule has 0 aromatic heterocycles. The van der Waals surface area contributed by atoms with Gasteiger partial charge in [0.05, 0.1) is 0 Å². The minimum Gasteiger partial charge on any atom is -0.298 e. The molecule has 0 aliphatic carbocycles. The molecule has 0 unspecified atom stereocenters. The van der Waals surface area contributed by atoms with E-state index in [0.29, 0.717) is 0 Å². The molecule has 0 aliphatic rings. The van der Waals surface area contributed by atoms with Gasteiger partial charge in [-0.1, -0.05) is 0 Å². The summed E-state index contributed by atoms with van der Waals surface area (Å²) >= 11 is 0. The Balaban J connectivity index is 3.65. The maximum Gasteiger partial charge on any atom is 0.548 e. The van der Waals surface area contributed by atoms with E-state index >= 15 is 0 Å². The van der Waals surface area contributed by atoms with Gasteiger partial charge in [0.15, 0.2) is 0 Å². The lowest BCUT2D eigenvalue weighted by molar-refractivity contribution is 0.267. The maximum absolute atomic E-state index is 11.0. The van der Waals surface area contributed by atoms with Gasteiger partial charge in [0.2, 0.25) is 5.03 Å². The number of rotatable bonds is 2. The van der Waals surface area contributed by atoms with Gasteiger partial charge in [-0.05, 0) is 0 Å². The minimum atomic E-state index is -4.36. The zero-order chi connectivity index (χ0) is 6.73. The molecule has 0 aromatic carbocycles. The van der Waals surface area contributed by atoms with Crippen LogP contribution >= 0.6 is 0 Å². The molecule has 2 radical (unpaired) electrons. The van der Waals surface area contributed by atoms with E-state index in [1.807, 2.05) is 0 Å². The van der Waals surface area contributed by atoms with Crippen molar-refractivity contribution in [2.45, 2.75) is 0 Å². The van der Waals surface area contributed by atoms with E-state index in [1.54, 1.807) is 0 Å². The Kier molecular flexibility index (Phi) is 2.91. The molecule has 0 amide bonds. The summed E-state index contributed by atoms with van der Waals surface area (Å²) in [6.07, 6.45) is 0. The summed E-state index contributed by atoms with van der Waals surface area (Å²) in [5.41, 5.74) is 0. The molecule has 0 aliphatic heterocycles. The first-order valence-corrected chi connectivity index (χ1v) is 3.97. The van der Waals surface area contributed by atoms with Crippen LogP contribution in [0, 0.1) is 0 Å². The van der Waals surface area contributed by atoms with Gasteiger partial charge in [-0.3, -0.25) is 21.2 Å². The van der Waals surface area contributed by atoms with E-state index in [0.717, 1.165) is 0 Å². The van der Waals surface area contributed by atoms with Gasteiger partial charge < -0.3 is 0 Å². The third kappa shape index (κ3) is 2.21. The topological polar surface area (TPSA) is 17.1 Å². The Morgan fingerprint density at radius 1 is 1.00 bits per heavy atom. The number of carbonyl (C=O) groups excluding carboxylic acids is 1. The predicted molar refractivity (Wildman–Crippen MR) is 21.3 cm³/mol. The van der Waals surface area contributed by atoms with Crippen molar-refractivity contribution in [3.63, 3.8) is 0 Å². The number of hydrogen-bond acceptors (Lipinski definition) is 1. The van der Waals surface area contributed by atoms with Crippen molar-refractivity contribution < 1.29 is 21.2 Å². The van der Waals surface area contributed by atoms with E-state index in [9.17, 15) is 21.2 Å². The summed E-state index contributed by atoms with van der Waals surface area (Å²) in [5.74, 6) is 0. The molecule has 0 rings (SSSR count). The molecule has 46 valence electrons. The second kappa shape index (κ2) is 2.97. The third-order valence-electron chi connectivity index (χ3n) is 0.343. The highest BCUT2D eigenvalue weighted by atomic mass is 28.4. The number of halogens is 4. The van der Waals surface area contributed by atoms with Crippen LogP contribution in [0.1, 0.15) is 0 Å². The van der Waals surface area contributed by atoms with Crippen LogP contribution < -0.4 is 0 Å². The van der Waals surface area contributed by atoms with Gasteiger partial charge in [-0.25, -0.2) is 0 Å². The highest BCUT2D eigenvalue weighted by Crippen LogP contribution is 1.97. The van der Waals surface area contributed by atoms with Crippen LogP contribution in [0.2, 0.25) is 0 Å². The summed E-state index contributed by atoms with van der Waals surface area (Å²) < 4.78 is 43.9. The molecular weight excluding hydrogens is 160 g/mol. The van der Waals surface area contributed by atoms with Crippen molar-refractivity contribution in [2.75, 3.05) is 0 Å². The molecule has 0 atom stereocenters. The predicted octanol–water partition coefficient (Wildman–Crippen LogP) is 1.12. The Hall–Kier alpha value is -0.176. The molecule has 7 heteroatoms. The Morgan fingerprint density at radius 2 is 1.25 bits per heavy atom. The average Bonchev–Trinajstić information content (AvgIpc) is 1.64. The Morgan fingerprint density at radius 3 is 1.25 bits per heavy atom. The Labute approximate surface area is 46.2 Å². The molecule has 0 heterocycles. The first-order chi connectivity index (χ1) is 3.55. The van der Waals surface area contributed by atoms with Crippen molar-refractivity contribution in [2.24, 2.45) is 0 Å². The standard InChI is InChI=1S/CF4OSi2/c2-7(3)1(6)8(4)5. The lowest BCUT2D eigenvalue weighted by Crippen LogP contribution is -2.25. The normalized spacial score (nSPS) is 10.8. The van der Waals surface area contributed by atoms with E-state index in [-0.39, 0.29) is 0 Å². The molecule has 0 saturated heterocycles. The van der Waals surface area contributed by atoms with Crippen molar-refractivity contribution >= 4 is 24.0 Å². The molecule has 0 saturated carbocycles. The molecule has 1 nitrogen and oxygen atoms in total. The SMILES string of the molecule is O=C([Si](F)F)[Si](F)F. The summed E-state index contributed by atoms with van der Waals surface area (Å²) in [7, 11) is -8.71. The van der Waals surface area contributed by atoms with Crippen LogP contribution in [-0.2, 0) is 0 Å². The minimum absolute atomic E-state index is 2.11. The van der Waals surface area contributed by atoms with Crippen LogP contribution in [0.15, 0.2) is 0 Å². The van der Waals surface area contributed by atoms with E-state index < -0.39 is 24.0 Å². The molecule has 0 N–H and O–H groups in total. The fourth-order valence-electron chi connectivity index (χ4n) is 0.0714. The zero-order valence-corrected chi connectivity index (χ0v) is 5.42. The van der Waals surface area contributed by atoms with Gasteiger partial charge in [0.25, 0.3) is 0 Å². The van der Waals surface area contributed by atoms with Gasteiger partial charge in [0.1, 0.15) is 0 Å². The van der Waals surface area contributed by atoms with Crippen LogP contribution in [0.25, 0.3) is 0 Å². The average molecular weight is 160 g/mol. The Bertz CT molecular complexity index is 82.0. The summed E-state index contributed by atoms with van der Waals surface area (Å²) in [5, 5.41) is -2.11. The van der Waals surface area contributed by atoms with E-state index in [4.69, 9.17) is 0 Å². The fraction of sp³-hybridized carbons (Fsp3) is 0. The van der Waals surface area contributed by atoms with Gasteiger partial charge in [0, 0.05) is 0 Å². The molecule has 0 bridgehead atoms. The van der Waals surface area contributed by atoms with Crippen LogP contribution in [0.5, 0.6) is 0 Å². The van der Waals surface area contributed by atoms with Crippen molar-refractivity contribution in [1.29, 1.82) is 0 Å².